The number of rotatable bonds is 1. The molecule has 1 fully saturated rings. The summed E-state index contributed by atoms with van der Waals surface area (Å²) in [6.45, 7) is 0. The molecule has 0 saturated heterocycles. The molecule has 2 N–H and O–H groups in total. The third-order valence-electron chi connectivity index (χ3n) is 2.14. The van der Waals surface area contributed by atoms with Gasteiger partial charge in [-0.2, -0.15) is 0 Å². The summed E-state index contributed by atoms with van der Waals surface area (Å²) in [6, 6.07) is 0. The van der Waals surface area contributed by atoms with E-state index >= 15 is 0 Å². The van der Waals surface area contributed by atoms with Crippen molar-refractivity contribution in [2.45, 2.75) is 31.5 Å². The molecule has 4 heteroatoms. The van der Waals surface area contributed by atoms with Crippen LogP contribution in [0.1, 0.15) is 25.7 Å². The van der Waals surface area contributed by atoms with Gasteiger partial charge in [0, 0.05) is 23.0 Å². The van der Waals surface area contributed by atoms with Crippen molar-refractivity contribution in [3.8, 4) is 0 Å². The number of thiocarbonyl (C=S) groups is 1. The predicted molar refractivity (Wildman–Crippen MR) is 50.7 cm³/mol. The van der Waals surface area contributed by atoms with Gasteiger partial charge in [-0.25, -0.2) is 0 Å². The summed E-state index contributed by atoms with van der Waals surface area (Å²) in [7, 11) is 0. The Balaban J connectivity index is 2.42. The fourth-order valence-electron chi connectivity index (χ4n) is 1.33. The molecule has 2 nitrogen and oxygen atoms in total. The van der Waals surface area contributed by atoms with E-state index in [2.05, 4.69) is 12.6 Å². The zero-order chi connectivity index (χ0) is 8.48. The first-order chi connectivity index (χ1) is 5.01. The lowest BCUT2D eigenvalue weighted by atomic mass is 9.86. The summed E-state index contributed by atoms with van der Waals surface area (Å²) in [5, 5.41) is 18.3. The Hall–Kier alpha value is 0.360. The lowest BCUT2D eigenvalue weighted by Crippen LogP contribution is -2.34. The third-order valence-corrected chi connectivity index (χ3v) is 2.83. The molecule has 0 amide bonds. The average Bonchev–Trinajstić information content (AvgIpc) is 1.86. The monoisotopic (exact) mass is 192 g/mol. The summed E-state index contributed by atoms with van der Waals surface area (Å²) in [5.74, 6) is -1.16. The maximum Gasteiger partial charge on any atom is 0.162 e. The number of thiol groups is 1. The van der Waals surface area contributed by atoms with Gasteiger partial charge in [-0.15, -0.1) is 12.6 Å². The molecule has 0 heterocycles. The molecular weight excluding hydrogens is 180 g/mol. The van der Waals surface area contributed by atoms with Crippen molar-refractivity contribution in [1.82, 2.24) is 0 Å². The van der Waals surface area contributed by atoms with Crippen LogP contribution in [0.5, 0.6) is 0 Å². The molecule has 0 aromatic heterocycles. The van der Waals surface area contributed by atoms with E-state index in [1.54, 1.807) is 0 Å². The number of hydrogen-bond donors (Lipinski definition) is 3. The minimum atomic E-state index is -1.45. The quantitative estimate of drug-likeness (QED) is 0.331. The van der Waals surface area contributed by atoms with Crippen molar-refractivity contribution in [3.63, 3.8) is 0 Å². The van der Waals surface area contributed by atoms with Crippen LogP contribution in [0.4, 0.5) is 0 Å². The van der Waals surface area contributed by atoms with Crippen molar-refractivity contribution in [3.05, 3.63) is 0 Å². The van der Waals surface area contributed by atoms with Crippen LogP contribution in [-0.2, 0) is 0 Å². The maximum absolute atomic E-state index is 9.16. The van der Waals surface area contributed by atoms with Crippen molar-refractivity contribution in [1.29, 1.82) is 0 Å². The van der Waals surface area contributed by atoms with Crippen LogP contribution in [0, 0.1) is 5.92 Å². The zero-order valence-corrected chi connectivity index (χ0v) is 7.87. The van der Waals surface area contributed by atoms with Crippen LogP contribution in [0.2, 0.25) is 0 Å². The maximum atomic E-state index is 9.16. The van der Waals surface area contributed by atoms with Crippen molar-refractivity contribution < 1.29 is 10.2 Å². The average molecular weight is 192 g/mol. The summed E-state index contributed by atoms with van der Waals surface area (Å²) in [6.07, 6.45) is 2.32. The van der Waals surface area contributed by atoms with Gasteiger partial charge >= 0.3 is 0 Å². The SMILES string of the molecule is OC1(O)CCC(C(=S)S)CC1. The molecule has 0 unspecified atom stereocenters. The van der Waals surface area contributed by atoms with E-state index in [-0.39, 0.29) is 0 Å². The third kappa shape index (κ3) is 2.71. The Morgan fingerprint density at radius 1 is 1.36 bits per heavy atom. The van der Waals surface area contributed by atoms with Crippen LogP contribution in [-0.4, -0.2) is 20.2 Å². The summed E-state index contributed by atoms with van der Waals surface area (Å²) < 4.78 is 0.695. The smallest absolute Gasteiger partial charge is 0.162 e. The van der Waals surface area contributed by atoms with E-state index in [1.165, 1.54) is 0 Å². The second-order valence-corrected chi connectivity index (χ2v) is 4.32. The van der Waals surface area contributed by atoms with E-state index in [9.17, 15) is 0 Å². The topological polar surface area (TPSA) is 40.5 Å². The summed E-state index contributed by atoms with van der Waals surface area (Å²) in [5.41, 5.74) is 0. The van der Waals surface area contributed by atoms with Gasteiger partial charge in [0.25, 0.3) is 0 Å². The summed E-state index contributed by atoms with van der Waals surface area (Å²) in [4.78, 5) is 0. The standard InChI is InChI=1S/C7H12O2S2/c8-7(9)3-1-5(2-4-7)6(10)11/h5,8-9H,1-4H2,(H,10,11). The van der Waals surface area contributed by atoms with Gasteiger partial charge in [-0.05, 0) is 12.8 Å². The minimum absolute atomic E-state index is 0.292. The van der Waals surface area contributed by atoms with Gasteiger partial charge in [-0.1, -0.05) is 12.2 Å². The van der Waals surface area contributed by atoms with Crippen LogP contribution < -0.4 is 0 Å². The summed E-state index contributed by atoms with van der Waals surface area (Å²) >= 11 is 8.96. The van der Waals surface area contributed by atoms with E-state index in [0.29, 0.717) is 23.0 Å². The largest absolute Gasteiger partial charge is 0.366 e. The molecule has 0 radical (unpaired) electrons. The number of hydrogen-bond acceptors (Lipinski definition) is 3. The Bertz CT molecular complexity index is 158. The molecule has 64 valence electrons. The Morgan fingerprint density at radius 2 is 1.82 bits per heavy atom. The van der Waals surface area contributed by atoms with Gasteiger partial charge in [0.15, 0.2) is 5.79 Å². The Morgan fingerprint density at radius 3 is 2.18 bits per heavy atom. The lowest BCUT2D eigenvalue weighted by Gasteiger charge is -2.30. The van der Waals surface area contributed by atoms with E-state index in [0.717, 1.165) is 12.8 Å². The normalized spacial score (nSPS) is 25.0. The van der Waals surface area contributed by atoms with E-state index in [4.69, 9.17) is 22.4 Å². The van der Waals surface area contributed by atoms with Crippen molar-refractivity contribution in [2.24, 2.45) is 5.92 Å². The van der Waals surface area contributed by atoms with Crippen LogP contribution in [0.3, 0.4) is 0 Å². The number of aliphatic hydroxyl groups is 2. The first-order valence-electron chi connectivity index (χ1n) is 3.69. The van der Waals surface area contributed by atoms with Crippen LogP contribution in [0.25, 0.3) is 0 Å². The van der Waals surface area contributed by atoms with Gasteiger partial charge < -0.3 is 10.2 Å². The Kier molecular flexibility index (Phi) is 2.91. The molecule has 0 spiro atoms. The molecule has 1 saturated carbocycles. The molecule has 1 aliphatic carbocycles. The van der Waals surface area contributed by atoms with E-state index < -0.39 is 5.79 Å². The first-order valence-corrected chi connectivity index (χ1v) is 4.54. The second-order valence-electron chi connectivity index (χ2n) is 3.09. The molecule has 1 aliphatic rings. The van der Waals surface area contributed by atoms with Gasteiger partial charge in [0.2, 0.25) is 0 Å². The molecule has 0 bridgehead atoms. The fraction of sp³-hybridized carbons (Fsp3) is 0.857. The van der Waals surface area contributed by atoms with Crippen molar-refractivity contribution in [2.75, 3.05) is 0 Å². The molecule has 0 aliphatic heterocycles. The molecule has 1 rings (SSSR count). The molecule has 0 aromatic rings. The molecular formula is C7H12O2S2. The zero-order valence-electron chi connectivity index (χ0n) is 6.16. The highest BCUT2D eigenvalue weighted by molar-refractivity contribution is 8.11. The molecule has 0 atom stereocenters. The Labute approximate surface area is 77.0 Å². The molecule has 0 aromatic carbocycles. The van der Waals surface area contributed by atoms with Crippen LogP contribution in [0.15, 0.2) is 0 Å². The second kappa shape index (κ2) is 3.39. The van der Waals surface area contributed by atoms with Gasteiger partial charge in [-0.3, -0.25) is 0 Å². The van der Waals surface area contributed by atoms with Gasteiger partial charge in [0.05, 0.1) is 0 Å². The lowest BCUT2D eigenvalue weighted by molar-refractivity contribution is -0.182. The van der Waals surface area contributed by atoms with Crippen LogP contribution >= 0.6 is 24.8 Å². The fourth-order valence-corrected chi connectivity index (χ4v) is 1.82. The van der Waals surface area contributed by atoms with E-state index in [1.807, 2.05) is 0 Å². The molecule has 11 heavy (non-hydrogen) atoms. The first kappa shape index (κ1) is 9.45. The van der Waals surface area contributed by atoms with Crippen molar-refractivity contribution >= 4 is 29.0 Å². The highest BCUT2D eigenvalue weighted by atomic mass is 32.1. The van der Waals surface area contributed by atoms with Gasteiger partial charge in [0.1, 0.15) is 0 Å². The highest BCUT2D eigenvalue weighted by Crippen LogP contribution is 2.31. The predicted octanol–water partition coefficient (Wildman–Crippen LogP) is 1.11. The minimum Gasteiger partial charge on any atom is -0.366 e. The highest BCUT2D eigenvalue weighted by Gasteiger charge is 2.31.